The first-order chi connectivity index (χ1) is 8.50. The van der Waals surface area contributed by atoms with Crippen molar-refractivity contribution in [3.05, 3.63) is 41.6 Å². The molecule has 0 bridgehead atoms. The Labute approximate surface area is 108 Å². The molecule has 0 aliphatic heterocycles. The quantitative estimate of drug-likeness (QED) is 0.816. The lowest BCUT2D eigenvalue weighted by Crippen LogP contribution is -2.18. The summed E-state index contributed by atoms with van der Waals surface area (Å²) in [7, 11) is 0. The molecule has 1 heterocycles. The van der Waals surface area contributed by atoms with Gasteiger partial charge in [-0.15, -0.1) is 0 Å². The van der Waals surface area contributed by atoms with E-state index in [-0.39, 0.29) is 17.6 Å². The summed E-state index contributed by atoms with van der Waals surface area (Å²) < 4.78 is 0. The Morgan fingerprint density at radius 1 is 1.22 bits per heavy atom. The number of ketones is 1. The molecule has 1 aromatic heterocycles. The lowest BCUT2D eigenvalue weighted by atomic mass is 9.86. The molecule has 0 radical (unpaired) electrons. The average molecular weight is 241 g/mol. The Morgan fingerprint density at radius 2 is 1.89 bits per heavy atom. The van der Waals surface area contributed by atoms with Crippen LogP contribution in [0, 0.1) is 12.8 Å². The summed E-state index contributed by atoms with van der Waals surface area (Å²) in [6.45, 7) is 7.83. The molecule has 0 spiro atoms. The van der Waals surface area contributed by atoms with Crippen molar-refractivity contribution < 1.29 is 4.79 Å². The van der Waals surface area contributed by atoms with E-state index in [0.717, 1.165) is 22.2 Å². The number of hydrogen-bond donors (Lipinski definition) is 0. The van der Waals surface area contributed by atoms with E-state index in [1.165, 1.54) is 0 Å². The molecule has 0 saturated heterocycles. The molecule has 1 aromatic carbocycles. The Morgan fingerprint density at radius 3 is 2.50 bits per heavy atom. The Hall–Kier alpha value is -1.70. The lowest BCUT2D eigenvalue weighted by Gasteiger charge is -2.19. The number of aromatic nitrogens is 1. The number of hydrogen-bond acceptors (Lipinski definition) is 2. The van der Waals surface area contributed by atoms with Gasteiger partial charge >= 0.3 is 0 Å². The fourth-order valence-corrected chi connectivity index (χ4v) is 2.53. The summed E-state index contributed by atoms with van der Waals surface area (Å²) in [4.78, 5) is 16.5. The molecule has 0 saturated carbocycles. The standard InChI is InChI=1S/C16H19NO/c1-10(2)15(12(4)18)16-11(3)9-13-7-5-6-8-14(13)17-16/h5-10,15H,1-4H3. The molecular weight excluding hydrogens is 222 g/mol. The van der Waals surface area contributed by atoms with Gasteiger partial charge in [-0.2, -0.15) is 0 Å². The SMILES string of the molecule is CC(=O)C(c1nc2ccccc2cc1C)C(C)C. The summed E-state index contributed by atoms with van der Waals surface area (Å²) in [6, 6.07) is 10.2. The van der Waals surface area contributed by atoms with Crippen LogP contribution in [0.2, 0.25) is 0 Å². The van der Waals surface area contributed by atoms with Crippen LogP contribution >= 0.6 is 0 Å². The third-order valence-electron chi connectivity index (χ3n) is 3.35. The minimum atomic E-state index is -0.102. The fraction of sp³-hybridized carbons (Fsp3) is 0.375. The number of benzene rings is 1. The third-order valence-corrected chi connectivity index (χ3v) is 3.35. The molecule has 0 aliphatic rings. The number of fused-ring (bicyclic) bond motifs is 1. The number of carbonyl (C=O) groups excluding carboxylic acids is 1. The molecule has 1 atom stereocenters. The van der Waals surface area contributed by atoms with E-state index < -0.39 is 0 Å². The van der Waals surface area contributed by atoms with Crippen molar-refractivity contribution >= 4 is 16.7 Å². The van der Waals surface area contributed by atoms with Crippen LogP contribution in [0.25, 0.3) is 10.9 Å². The van der Waals surface area contributed by atoms with Crippen LogP contribution in [-0.4, -0.2) is 10.8 Å². The summed E-state index contributed by atoms with van der Waals surface area (Å²) in [5.41, 5.74) is 2.99. The predicted molar refractivity (Wildman–Crippen MR) is 74.7 cm³/mol. The van der Waals surface area contributed by atoms with Crippen molar-refractivity contribution in [2.75, 3.05) is 0 Å². The van der Waals surface area contributed by atoms with Crippen LogP contribution < -0.4 is 0 Å². The van der Waals surface area contributed by atoms with Crippen LogP contribution in [0.3, 0.4) is 0 Å². The number of para-hydroxylation sites is 1. The maximum atomic E-state index is 11.8. The number of pyridine rings is 1. The predicted octanol–water partition coefficient (Wildman–Crippen LogP) is 3.87. The Bertz CT molecular complexity index is 587. The van der Waals surface area contributed by atoms with Crippen LogP contribution in [0.4, 0.5) is 0 Å². The highest BCUT2D eigenvalue weighted by Gasteiger charge is 2.24. The van der Waals surface area contributed by atoms with Gasteiger partial charge in [0.2, 0.25) is 0 Å². The highest BCUT2D eigenvalue weighted by molar-refractivity contribution is 5.85. The van der Waals surface area contributed by atoms with Crippen molar-refractivity contribution in [1.29, 1.82) is 0 Å². The smallest absolute Gasteiger partial charge is 0.139 e. The van der Waals surface area contributed by atoms with Crippen molar-refractivity contribution in [3.8, 4) is 0 Å². The van der Waals surface area contributed by atoms with Crippen LogP contribution in [0.1, 0.15) is 37.9 Å². The van der Waals surface area contributed by atoms with Gasteiger partial charge in [-0.05, 0) is 37.5 Å². The van der Waals surface area contributed by atoms with Gasteiger partial charge in [0.05, 0.1) is 17.1 Å². The van der Waals surface area contributed by atoms with E-state index in [1.807, 2.05) is 25.1 Å². The van der Waals surface area contributed by atoms with Crippen LogP contribution in [0.5, 0.6) is 0 Å². The average Bonchev–Trinajstić information content (AvgIpc) is 2.29. The maximum Gasteiger partial charge on any atom is 0.139 e. The third kappa shape index (κ3) is 2.28. The van der Waals surface area contributed by atoms with E-state index >= 15 is 0 Å². The summed E-state index contributed by atoms with van der Waals surface area (Å²) in [5, 5.41) is 1.13. The number of Topliss-reactive ketones (excluding diaryl/α,β-unsaturated/α-hetero) is 1. The molecule has 1 unspecified atom stereocenters. The van der Waals surface area contributed by atoms with Crippen molar-refractivity contribution in [1.82, 2.24) is 4.98 Å². The van der Waals surface area contributed by atoms with Crippen molar-refractivity contribution in [2.45, 2.75) is 33.6 Å². The zero-order chi connectivity index (χ0) is 13.3. The molecule has 0 fully saturated rings. The minimum Gasteiger partial charge on any atom is -0.299 e. The van der Waals surface area contributed by atoms with E-state index in [4.69, 9.17) is 4.98 Å². The first kappa shape index (κ1) is 12.7. The van der Waals surface area contributed by atoms with E-state index in [1.54, 1.807) is 6.92 Å². The molecule has 0 aliphatic carbocycles. The molecule has 2 aromatic rings. The van der Waals surface area contributed by atoms with Gasteiger partial charge in [-0.1, -0.05) is 32.0 Å². The zero-order valence-electron chi connectivity index (χ0n) is 11.4. The van der Waals surface area contributed by atoms with Crippen molar-refractivity contribution in [3.63, 3.8) is 0 Å². The van der Waals surface area contributed by atoms with Gasteiger partial charge in [-0.25, -0.2) is 0 Å². The summed E-state index contributed by atoms with van der Waals surface area (Å²) in [5.74, 6) is 0.361. The van der Waals surface area contributed by atoms with Gasteiger partial charge in [0.25, 0.3) is 0 Å². The van der Waals surface area contributed by atoms with E-state index in [2.05, 4.69) is 26.0 Å². The summed E-state index contributed by atoms with van der Waals surface area (Å²) in [6.07, 6.45) is 0. The van der Waals surface area contributed by atoms with E-state index in [0.29, 0.717) is 0 Å². The lowest BCUT2D eigenvalue weighted by molar-refractivity contribution is -0.119. The van der Waals surface area contributed by atoms with Gasteiger partial charge in [0.15, 0.2) is 0 Å². The van der Waals surface area contributed by atoms with Crippen LogP contribution in [-0.2, 0) is 4.79 Å². The largest absolute Gasteiger partial charge is 0.299 e. The normalized spacial score (nSPS) is 12.9. The highest BCUT2D eigenvalue weighted by atomic mass is 16.1. The molecule has 2 heteroatoms. The number of nitrogens with zero attached hydrogens (tertiary/aromatic N) is 1. The second-order valence-electron chi connectivity index (χ2n) is 5.22. The first-order valence-corrected chi connectivity index (χ1v) is 6.37. The number of aryl methyl sites for hydroxylation is 1. The van der Waals surface area contributed by atoms with Gasteiger partial charge in [0.1, 0.15) is 5.78 Å². The van der Waals surface area contributed by atoms with Gasteiger partial charge < -0.3 is 0 Å². The fourth-order valence-electron chi connectivity index (χ4n) is 2.53. The first-order valence-electron chi connectivity index (χ1n) is 6.37. The Balaban J connectivity index is 2.62. The number of rotatable bonds is 3. The molecule has 2 nitrogen and oxygen atoms in total. The van der Waals surface area contributed by atoms with Gasteiger partial charge in [0, 0.05) is 5.39 Å². The van der Waals surface area contributed by atoms with Gasteiger partial charge in [-0.3, -0.25) is 9.78 Å². The molecule has 0 N–H and O–H groups in total. The topological polar surface area (TPSA) is 30.0 Å². The second kappa shape index (κ2) is 4.89. The molecular formula is C16H19NO. The zero-order valence-corrected chi connectivity index (χ0v) is 11.4. The Kier molecular flexibility index (Phi) is 3.46. The maximum absolute atomic E-state index is 11.8. The van der Waals surface area contributed by atoms with Crippen LogP contribution in [0.15, 0.2) is 30.3 Å². The van der Waals surface area contributed by atoms with E-state index in [9.17, 15) is 4.79 Å². The molecule has 18 heavy (non-hydrogen) atoms. The minimum absolute atomic E-state index is 0.102. The molecule has 0 amide bonds. The second-order valence-corrected chi connectivity index (χ2v) is 5.22. The highest BCUT2D eigenvalue weighted by Crippen LogP contribution is 2.28. The molecule has 94 valence electrons. The summed E-state index contributed by atoms with van der Waals surface area (Å²) >= 11 is 0. The van der Waals surface area contributed by atoms with Crippen molar-refractivity contribution in [2.24, 2.45) is 5.92 Å². The molecule has 2 rings (SSSR count). The monoisotopic (exact) mass is 241 g/mol. The number of carbonyl (C=O) groups is 1.